The molecule has 0 rings (SSSR count). The van der Waals surface area contributed by atoms with Crippen LogP contribution in [0.4, 0.5) is 61.6 Å². The van der Waals surface area contributed by atoms with E-state index in [9.17, 15) is 61.6 Å². The third-order valence-electron chi connectivity index (χ3n) is 2.00. The van der Waals surface area contributed by atoms with Crippen LogP contribution in [-0.2, 0) is 4.94 Å². The zero-order valence-electron chi connectivity index (χ0n) is 8.70. The van der Waals surface area contributed by atoms with Gasteiger partial charge in [-0.25, -0.2) is 0 Å². The molecule has 0 atom stereocenters. The van der Waals surface area contributed by atoms with Crippen molar-refractivity contribution in [3.63, 3.8) is 0 Å². The van der Waals surface area contributed by atoms with Gasteiger partial charge in [-0.1, -0.05) is 0 Å². The molecular formula is C6F14O. The van der Waals surface area contributed by atoms with Crippen LogP contribution in [-0.4, -0.2) is 36.0 Å². The van der Waals surface area contributed by atoms with Gasteiger partial charge in [0.25, 0.3) is 0 Å². The Kier molecular flexibility index (Phi) is 4.51. The van der Waals surface area contributed by atoms with E-state index in [0.29, 0.717) is 0 Å². The molecule has 15 heteroatoms. The van der Waals surface area contributed by atoms with Crippen molar-refractivity contribution in [1.29, 1.82) is 0 Å². The van der Waals surface area contributed by atoms with E-state index >= 15 is 0 Å². The number of halogens is 14. The van der Waals surface area contributed by atoms with E-state index in [-0.39, 0.29) is 0 Å². The average Bonchev–Trinajstić information content (AvgIpc) is 2.26. The maximum atomic E-state index is 12.5. The minimum absolute atomic E-state index is 0.959. The molecule has 0 spiro atoms. The predicted molar refractivity (Wildman–Crippen MR) is 33.0 cm³/mol. The Morgan fingerprint density at radius 3 is 0.952 bits per heavy atom. The van der Waals surface area contributed by atoms with Crippen molar-refractivity contribution < 1.29 is 66.5 Å². The lowest BCUT2D eigenvalue weighted by Crippen LogP contribution is -2.70. The highest BCUT2D eigenvalue weighted by Gasteiger charge is 2.91. The van der Waals surface area contributed by atoms with Gasteiger partial charge in [-0.2, -0.15) is 57.1 Å². The second-order valence-corrected chi connectivity index (χ2v) is 3.39. The molecule has 0 heterocycles. The van der Waals surface area contributed by atoms with E-state index in [1.807, 2.05) is 0 Å². The summed E-state index contributed by atoms with van der Waals surface area (Å²) >= 11 is 0. The summed E-state index contributed by atoms with van der Waals surface area (Å²) < 4.78 is 168. The first-order valence-electron chi connectivity index (χ1n) is 4.07. The van der Waals surface area contributed by atoms with Crippen LogP contribution in [0.3, 0.4) is 0 Å². The van der Waals surface area contributed by atoms with E-state index in [0.717, 1.165) is 4.94 Å². The highest BCUT2D eigenvalue weighted by atomic mass is 19.4. The summed E-state index contributed by atoms with van der Waals surface area (Å²) in [6, 6.07) is 0. The first-order chi connectivity index (χ1) is 8.81. The van der Waals surface area contributed by atoms with E-state index < -0.39 is 36.0 Å². The molecule has 0 aliphatic carbocycles. The summed E-state index contributed by atoms with van der Waals surface area (Å²) in [5.41, 5.74) is 0. The minimum atomic E-state index is -8.05. The van der Waals surface area contributed by atoms with Gasteiger partial charge < -0.3 is 0 Å². The quantitative estimate of drug-likeness (QED) is 0.657. The molecular weight excluding hydrogens is 354 g/mol. The molecule has 0 radical (unpaired) electrons. The SMILES string of the molecule is FOC(F)(F)C(F)(F)C(F)(F)C(F)(F)C(F)(F)C(F)(F)F. The van der Waals surface area contributed by atoms with Crippen LogP contribution in [0.5, 0.6) is 0 Å². The van der Waals surface area contributed by atoms with Crippen LogP contribution < -0.4 is 0 Å². The molecule has 0 unspecified atom stereocenters. The van der Waals surface area contributed by atoms with Crippen molar-refractivity contribution >= 4 is 0 Å². The van der Waals surface area contributed by atoms with Crippen molar-refractivity contribution in [2.24, 2.45) is 0 Å². The second-order valence-electron chi connectivity index (χ2n) is 3.39. The topological polar surface area (TPSA) is 9.23 Å². The molecule has 21 heavy (non-hydrogen) atoms. The molecule has 0 aliphatic rings. The zero-order chi connectivity index (χ0) is 17.7. The molecule has 0 fully saturated rings. The Bertz CT molecular complexity index is 379. The van der Waals surface area contributed by atoms with Gasteiger partial charge in [0.1, 0.15) is 0 Å². The van der Waals surface area contributed by atoms with Gasteiger partial charge in [-0.15, -0.1) is 4.94 Å². The fourth-order valence-corrected chi connectivity index (χ4v) is 0.804. The third-order valence-corrected chi connectivity index (χ3v) is 2.00. The maximum absolute atomic E-state index is 12.5. The lowest BCUT2D eigenvalue weighted by molar-refractivity contribution is -0.492. The van der Waals surface area contributed by atoms with E-state index in [1.54, 1.807) is 0 Å². The smallest absolute Gasteiger partial charge is 0.192 e. The molecule has 0 amide bonds. The zero-order valence-corrected chi connectivity index (χ0v) is 8.70. The molecule has 0 N–H and O–H groups in total. The molecule has 0 aromatic rings. The van der Waals surface area contributed by atoms with Gasteiger partial charge in [-0.3, -0.25) is 0 Å². The fraction of sp³-hybridized carbons (Fsp3) is 1.00. The lowest BCUT2D eigenvalue weighted by Gasteiger charge is -2.38. The summed E-state index contributed by atoms with van der Waals surface area (Å²) in [5, 5.41) is 0. The van der Waals surface area contributed by atoms with E-state index in [1.165, 1.54) is 0 Å². The van der Waals surface area contributed by atoms with Crippen LogP contribution >= 0.6 is 0 Å². The Balaban J connectivity index is 6.14. The molecule has 1 nitrogen and oxygen atoms in total. The third kappa shape index (κ3) is 2.48. The van der Waals surface area contributed by atoms with Gasteiger partial charge in [0.15, 0.2) is 0 Å². The standard InChI is InChI=1S/C6F14O/c7-1(8,3(11,12)5(15,16)17)2(9,10)4(13,14)6(18,19)21-20. The average molecular weight is 354 g/mol. The van der Waals surface area contributed by atoms with Crippen LogP contribution in [0.2, 0.25) is 0 Å². The Morgan fingerprint density at radius 1 is 0.429 bits per heavy atom. The summed E-state index contributed by atoms with van der Waals surface area (Å²) in [4.78, 5) is 0.959. The van der Waals surface area contributed by atoms with E-state index in [4.69, 9.17) is 0 Å². The maximum Gasteiger partial charge on any atom is 0.460 e. The van der Waals surface area contributed by atoms with Crippen molar-refractivity contribution in [3.8, 4) is 0 Å². The Morgan fingerprint density at radius 2 is 0.714 bits per heavy atom. The Labute approximate surface area is 104 Å². The molecule has 0 aromatic carbocycles. The molecule has 0 saturated heterocycles. The lowest BCUT2D eigenvalue weighted by atomic mass is 9.97. The van der Waals surface area contributed by atoms with Gasteiger partial charge in [0.05, 0.1) is 0 Å². The molecule has 0 aliphatic heterocycles. The summed E-state index contributed by atoms with van der Waals surface area (Å²) in [7, 11) is 0. The highest BCUT2D eigenvalue weighted by Crippen LogP contribution is 2.60. The van der Waals surface area contributed by atoms with Crippen molar-refractivity contribution in [2.45, 2.75) is 36.0 Å². The Hall–Kier alpha value is -1.02. The first kappa shape index (κ1) is 20.0. The molecule has 0 bridgehead atoms. The number of rotatable bonds is 5. The number of hydrogen-bond acceptors (Lipinski definition) is 1. The first-order valence-corrected chi connectivity index (χ1v) is 4.07. The minimum Gasteiger partial charge on any atom is -0.192 e. The van der Waals surface area contributed by atoms with Crippen LogP contribution in [0.25, 0.3) is 0 Å². The van der Waals surface area contributed by atoms with Crippen LogP contribution in [0.1, 0.15) is 0 Å². The number of alkyl halides is 13. The van der Waals surface area contributed by atoms with Gasteiger partial charge in [0, 0.05) is 0 Å². The second kappa shape index (κ2) is 4.74. The largest absolute Gasteiger partial charge is 0.460 e. The normalized spacial score (nSPS) is 16.3. The van der Waals surface area contributed by atoms with Gasteiger partial charge in [-0.05, 0) is 4.53 Å². The molecule has 128 valence electrons. The van der Waals surface area contributed by atoms with Gasteiger partial charge in [0.2, 0.25) is 0 Å². The van der Waals surface area contributed by atoms with Crippen molar-refractivity contribution in [3.05, 3.63) is 0 Å². The van der Waals surface area contributed by atoms with Crippen molar-refractivity contribution in [1.82, 2.24) is 0 Å². The fourth-order valence-electron chi connectivity index (χ4n) is 0.804. The van der Waals surface area contributed by atoms with Crippen LogP contribution in [0, 0.1) is 0 Å². The summed E-state index contributed by atoms with van der Waals surface area (Å²) in [5.74, 6) is -31.7. The molecule has 0 aromatic heterocycles. The van der Waals surface area contributed by atoms with E-state index in [2.05, 4.69) is 0 Å². The summed E-state index contributed by atoms with van der Waals surface area (Å²) in [6.07, 6.45) is -14.6. The van der Waals surface area contributed by atoms with Gasteiger partial charge >= 0.3 is 36.0 Å². The predicted octanol–water partition coefficient (Wildman–Crippen LogP) is 4.58. The summed E-state index contributed by atoms with van der Waals surface area (Å²) in [6.45, 7) is 0. The molecule has 0 saturated carbocycles. The monoisotopic (exact) mass is 354 g/mol. The number of hydrogen-bond donors (Lipinski definition) is 0. The van der Waals surface area contributed by atoms with Crippen molar-refractivity contribution in [2.75, 3.05) is 0 Å². The highest BCUT2D eigenvalue weighted by molar-refractivity contribution is 5.08. The van der Waals surface area contributed by atoms with Crippen LogP contribution in [0.15, 0.2) is 0 Å².